The third-order valence-electron chi connectivity index (χ3n) is 3.94. The van der Waals surface area contributed by atoms with Crippen LogP contribution in [0.15, 0.2) is 24.3 Å². The zero-order valence-corrected chi connectivity index (χ0v) is 12.2. The van der Waals surface area contributed by atoms with Crippen molar-refractivity contribution in [1.82, 2.24) is 9.80 Å². The highest BCUT2D eigenvalue weighted by Gasteiger charge is 2.41. The van der Waals surface area contributed by atoms with E-state index in [9.17, 15) is 14.4 Å². The van der Waals surface area contributed by atoms with E-state index >= 15 is 0 Å². The van der Waals surface area contributed by atoms with Crippen LogP contribution < -0.4 is 4.74 Å². The van der Waals surface area contributed by atoms with Crippen LogP contribution in [0.3, 0.4) is 0 Å². The highest BCUT2D eigenvalue weighted by atomic mass is 16.6. The lowest BCUT2D eigenvalue weighted by Gasteiger charge is -2.20. The van der Waals surface area contributed by atoms with Crippen LogP contribution >= 0.6 is 0 Å². The third-order valence-corrected chi connectivity index (χ3v) is 3.94. The van der Waals surface area contributed by atoms with Crippen molar-refractivity contribution in [3.63, 3.8) is 0 Å². The van der Waals surface area contributed by atoms with Gasteiger partial charge >= 0.3 is 6.09 Å². The van der Waals surface area contributed by atoms with Gasteiger partial charge in [0.15, 0.2) is 6.61 Å². The van der Waals surface area contributed by atoms with Crippen molar-refractivity contribution in [3.05, 3.63) is 29.8 Å². The number of hydrogen-bond acceptors (Lipinski definition) is 5. The second kappa shape index (κ2) is 5.67. The number of amides is 3. The second-order valence-electron chi connectivity index (χ2n) is 5.24. The Morgan fingerprint density at radius 3 is 2.59 bits per heavy atom. The minimum atomic E-state index is -0.617. The third kappa shape index (κ3) is 2.49. The van der Waals surface area contributed by atoms with Gasteiger partial charge in [0, 0.05) is 18.7 Å². The van der Waals surface area contributed by atoms with Gasteiger partial charge in [0.25, 0.3) is 11.8 Å². The van der Waals surface area contributed by atoms with Gasteiger partial charge in [-0.05, 0) is 30.7 Å². The Kier molecular flexibility index (Phi) is 3.70. The van der Waals surface area contributed by atoms with Crippen molar-refractivity contribution in [2.45, 2.75) is 12.5 Å². The number of likely N-dealkylation sites (tertiary alicyclic amines) is 1. The molecule has 22 heavy (non-hydrogen) atoms. The largest absolute Gasteiger partial charge is 0.497 e. The second-order valence-corrected chi connectivity index (χ2v) is 5.24. The number of imide groups is 1. The molecule has 3 rings (SSSR count). The number of benzene rings is 1. The summed E-state index contributed by atoms with van der Waals surface area (Å²) in [5, 5.41) is 0. The van der Waals surface area contributed by atoms with E-state index in [1.165, 1.54) is 0 Å². The Balaban J connectivity index is 1.67. The van der Waals surface area contributed by atoms with E-state index in [4.69, 9.17) is 9.47 Å². The van der Waals surface area contributed by atoms with Crippen molar-refractivity contribution in [2.75, 3.05) is 26.8 Å². The molecule has 1 aromatic carbocycles. The molecule has 0 aliphatic carbocycles. The first-order chi connectivity index (χ1) is 10.6. The molecule has 2 fully saturated rings. The predicted octanol–water partition coefficient (Wildman–Crippen LogP) is 0.888. The summed E-state index contributed by atoms with van der Waals surface area (Å²) in [6.45, 7) is 0.639. The van der Waals surface area contributed by atoms with Crippen molar-refractivity contribution in [2.24, 2.45) is 0 Å². The fourth-order valence-electron chi connectivity index (χ4n) is 2.77. The summed E-state index contributed by atoms with van der Waals surface area (Å²) < 4.78 is 9.78. The summed E-state index contributed by atoms with van der Waals surface area (Å²) in [4.78, 5) is 38.4. The SMILES string of the molecule is COc1ccc(C(=O)N2CCC(N3C(=O)COC3=O)C2)cc1. The lowest BCUT2D eigenvalue weighted by atomic mass is 10.2. The molecule has 2 aliphatic rings. The van der Waals surface area contributed by atoms with Gasteiger partial charge in [0.05, 0.1) is 13.2 Å². The highest BCUT2D eigenvalue weighted by Crippen LogP contribution is 2.22. The van der Waals surface area contributed by atoms with Gasteiger partial charge in [-0.15, -0.1) is 0 Å². The molecule has 2 heterocycles. The Morgan fingerprint density at radius 1 is 1.27 bits per heavy atom. The van der Waals surface area contributed by atoms with Crippen molar-refractivity contribution < 1.29 is 23.9 Å². The molecule has 0 saturated carbocycles. The monoisotopic (exact) mass is 304 g/mol. The Bertz CT molecular complexity index is 597. The Labute approximate surface area is 127 Å². The molecule has 7 nitrogen and oxygen atoms in total. The van der Waals surface area contributed by atoms with E-state index in [-0.39, 0.29) is 24.5 Å². The van der Waals surface area contributed by atoms with E-state index in [2.05, 4.69) is 0 Å². The number of hydrogen-bond donors (Lipinski definition) is 0. The summed E-state index contributed by atoms with van der Waals surface area (Å²) in [5.74, 6) is 0.222. The zero-order chi connectivity index (χ0) is 15.7. The molecular weight excluding hydrogens is 288 g/mol. The van der Waals surface area contributed by atoms with Gasteiger partial charge in [0.2, 0.25) is 0 Å². The fraction of sp³-hybridized carbons (Fsp3) is 0.400. The van der Waals surface area contributed by atoms with E-state index in [0.29, 0.717) is 30.8 Å². The molecule has 0 radical (unpaired) electrons. The first-order valence-electron chi connectivity index (χ1n) is 7.02. The number of methoxy groups -OCH3 is 1. The van der Waals surface area contributed by atoms with Crippen molar-refractivity contribution >= 4 is 17.9 Å². The summed E-state index contributed by atoms with van der Waals surface area (Å²) in [5.41, 5.74) is 0.553. The molecule has 7 heteroatoms. The van der Waals surface area contributed by atoms with E-state index in [1.54, 1.807) is 36.3 Å². The van der Waals surface area contributed by atoms with Gasteiger partial charge in [-0.2, -0.15) is 0 Å². The molecule has 0 N–H and O–H groups in total. The minimum absolute atomic E-state index is 0.120. The molecule has 3 amide bonds. The van der Waals surface area contributed by atoms with Gasteiger partial charge in [-0.1, -0.05) is 0 Å². The average Bonchev–Trinajstić information content (AvgIpc) is 3.13. The van der Waals surface area contributed by atoms with Crippen LogP contribution in [-0.2, 0) is 9.53 Å². The van der Waals surface area contributed by atoms with Crippen molar-refractivity contribution in [3.8, 4) is 5.75 Å². The van der Waals surface area contributed by atoms with Crippen LogP contribution in [0.5, 0.6) is 5.75 Å². The maximum Gasteiger partial charge on any atom is 0.417 e. The highest BCUT2D eigenvalue weighted by molar-refractivity contribution is 5.98. The molecule has 116 valence electrons. The van der Waals surface area contributed by atoms with Gasteiger partial charge in [0.1, 0.15) is 5.75 Å². The minimum Gasteiger partial charge on any atom is -0.497 e. The Morgan fingerprint density at radius 2 is 2.00 bits per heavy atom. The number of ether oxygens (including phenoxy) is 2. The lowest BCUT2D eigenvalue weighted by Crippen LogP contribution is -2.42. The predicted molar refractivity (Wildman–Crippen MR) is 75.5 cm³/mol. The summed E-state index contributed by atoms with van der Waals surface area (Å²) >= 11 is 0. The van der Waals surface area contributed by atoms with Crippen LogP contribution in [0.1, 0.15) is 16.8 Å². The quantitative estimate of drug-likeness (QED) is 0.829. The smallest absolute Gasteiger partial charge is 0.417 e. The van der Waals surface area contributed by atoms with Crippen LogP contribution in [0, 0.1) is 0 Å². The van der Waals surface area contributed by atoms with Crippen LogP contribution in [0.4, 0.5) is 4.79 Å². The maximum atomic E-state index is 12.4. The molecule has 0 aromatic heterocycles. The molecule has 0 spiro atoms. The van der Waals surface area contributed by atoms with Crippen LogP contribution in [-0.4, -0.2) is 60.6 Å². The fourth-order valence-corrected chi connectivity index (χ4v) is 2.77. The number of cyclic esters (lactones) is 1. The first-order valence-corrected chi connectivity index (χ1v) is 7.02. The molecule has 2 saturated heterocycles. The molecule has 1 atom stereocenters. The standard InChI is InChI=1S/C15H16N2O5/c1-21-12-4-2-10(3-5-12)14(19)16-7-6-11(8-16)17-13(18)9-22-15(17)20/h2-5,11H,6-9H2,1H3. The van der Waals surface area contributed by atoms with Gasteiger partial charge < -0.3 is 14.4 Å². The number of carbonyl (C=O) groups excluding carboxylic acids is 3. The lowest BCUT2D eigenvalue weighted by molar-refractivity contribution is -0.127. The number of rotatable bonds is 3. The zero-order valence-electron chi connectivity index (χ0n) is 12.2. The van der Waals surface area contributed by atoms with Crippen LogP contribution in [0.25, 0.3) is 0 Å². The first kappa shape index (κ1) is 14.4. The summed E-state index contributed by atoms with van der Waals surface area (Å²) in [7, 11) is 1.56. The topological polar surface area (TPSA) is 76.2 Å². The average molecular weight is 304 g/mol. The van der Waals surface area contributed by atoms with Crippen LogP contribution in [0.2, 0.25) is 0 Å². The number of nitrogens with zero attached hydrogens (tertiary/aromatic N) is 2. The molecule has 0 bridgehead atoms. The molecule has 1 unspecified atom stereocenters. The maximum absolute atomic E-state index is 12.4. The summed E-state index contributed by atoms with van der Waals surface area (Å²) in [6, 6.07) is 6.54. The number of carbonyl (C=O) groups is 3. The Hall–Kier alpha value is -2.57. The summed E-state index contributed by atoms with van der Waals surface area (Å²) in [6.07, 6.45) is -0.0447. The van der Waals surface area contributed by atoms with E-state index in [1.807, 2.05) is 0 Å². The van der Waals surface area contributed by atoms with E-state index < -0.39 is 6.09 Å². The normalized spacial score (nSPS) is 21.2. The van der Waals surface area contributed by atoms with Gasteiger partial charge in [-0.25, -0.2) is 9.69 Å². The van der Waals surface area contributed by atoms with Gasteiger partial charge in [-0.3, -0.25) is 9.59 Å². The molecular formula is C15H16N2O5. The molecule has 1 aromatic rings. The van der Waals surface area contributed by atoms with Crippen molar-refractivity contribution in [1.29, 1.82) is 0 Å². The molecule has 2 aliphatic heterocycles. The van der Waals surface area contributed by atoms with E-state index in [0.717, 1.165) is 4.90 Å².